The monoisotopic (exact) mass is 482 g/mol. The van der Waals surface area contributed by atoms with Crippen LogP contribution in [0, 0.1) is 6.92 Å². The Bertz CT molecular complexity index is 1240. The maximum Gasteiger partial charge on any atom is 0.256 e. The lowest BCUT2D eigenvalue weighted by molar-refractivity contribution is -0.131. The number of carbonyl (C=O) groups excluding carboxylic acids is 2. The molecule has 6 nitrogen and oxygen atoms in total. The molecule has 6 heteroatoms. The van der Waals surface area contributed by atoms with Crippen molar-refractivity contribution in [2.24, 2.45) is 0 Å². The molecular weight excluding hydrogens is 448 g/mol. The van der Waals surface area contributed by atoms with E-state index in [9.17, 15) is 9.59 Å². The number of pyridine rings is 1. The summed E-state index contributed by atoms with van der Waals surface area (Å²) in [5.41, 5.74) is 7.12. The molecule has 3 heterocycles. The van der Waals surface area contributed by atoms with Crippen molar-refractivity contribution in [1.82, 2.24) is 14.8 Å². The van der Waals surface area contributed by atoms with Gasteiger partial charge in [-0.3, -0.25) is 14.6 Å². The third-order valence-corrected chi connectivity index (χ3v) is 7.46. The van der Waals surface area contributed by atoms with E-state index in [1.807, 2.05) is 67.2 Å². The Hall–Kier alpha value is -3.67. The number of fused-ring (bicyclic) bond motifs is 1. The van der Waals surface area contributed by atoms with Crippen molar-refractivity contribution >= 4 is 17.5 Å². The summed E-state index contributed by atoms with van der Waals surface area (Å²) in [6, 6.07) is 20.3. The van der Waals surface area contributed by atoms with Gasteiger partial charge in [-0.2, -0.15) is 0 Å². The molecule has 186 valence electrons. The number of carbonyl (C=O) groups is 2. The highest BCUT2D eigenvalue weighted by Gasteiger charge is 2.31. The van der Waals surface area contributed by atoms with E-state index in [0.717, 1.165) is 35.5 Å². The van der Waals surface area contributed by atoms with Gasteiger partial charge in [0.1, 0.15) is 0 Å². The number of piperidine rings is 1. The van der Waals surface area contributed by atoms with Gasteiger partial charge < -0.3 is 14.7 Å². The van der Waals surface area contributed by atoms with Gasteiger partial charge in [-0.1, -0.05) is 36.4 Å². The average Bonchev–Trinajstić information content (AvgIpc) is 3.33. The lowest BCUT2D eigenvalue weighted by atomic mass is 9.89. The maximum absolute atomic E-state index is 13.6. The number of benzene rings is 2. The highest BCUT2D eigenvalue weighted by molar-refractivity contribution is 5.95. The molecule has 2 aliphatic heterocycles. The standard InChI is InChI=1S/C30H34N4O2/c1-21-8-13-27(30(36)34-19-24-6-4-5-7-25(24)20-34)29(31-21)23-14-16-33(17-15-23)28(35)18-22-9-11-26(12-10-22)32(2)3/h4-13,23H,14-20H2,1-3H3. The number of hydrogen-bond acceptors (Lipinski definition) is 4. The molecule has 0 N–H and O–H groups in total. The molecule has 0 saturated carbocycles. The Morgan fingerprint density at radius 3 is 2.14 bits per heavy atom. The fourth-order valence-corrected chi connectivity index (χ4v) is 5.32. The van der Waals surface area contributed by atoms with E-state index >= 15 is 0 Å². The van der Waals surface area contributed by atoms with E-state index in [4.69, 9.17) is 4.98 Å². The fraction of sp³-hybridized carbons (Fsp3) is 0.367. The van der Waals surface area contributed by atoms with Crippen LogP contribution >= 0.6 is 0 Å². The molecule has 1 aromatic heterocycles. The molecule has 1 saturated heterocycles. The molecule has 3 aromatic rings. The molecule has 2 amide bonds. The minimum atomic E-state index is 0.0494. The second kappa shape index (κ2) is 10.1. The second-order valence-electron chi connectivity index (χ2n) is 10.2. The third-order valence-electron chi connectivity index (χ3n) is 7.46. The largest absolute Gasteiger partial charge is 0.378 e. The molecule has 0 spiro atoms. The topological polar surface area (TPSA) is 56.8 Å². The van der Waals surface area contributed by atoms with Crippen LogP contribution in [-0.4, -0.2) is 53.8 Å². The first-order chi connectivity index (χ1) is 17.4. The van der Waals surface area contributed by atoms with Gasteiger partial charge in [0.2, 0.25) is 5.91 Å². The fourth-order valence-electron chi connectivity index (χ4n) is 5.32. The number of rotatable bonds is 5. The van der Waals surface area contributed by atoms with Crippen LogP contribution in [0.15, 0.2) is 60.7 Å². The van der Waals surface area contributed by atoms with Crippen LogP contribution < -0.4 is 4.90 Å². The van der Waals surface area contributed by atoms with Gasteiger partial charge in [0.05, 0.1) is 17.7 Å². The predicted octanol–water partition coefficient (Wildman–Crippen LogP) is 4.56. The Labute approximate surface area is 213 Å². The van der Waals surface area contributed by atoms with E-state index in [1.54, 1.807) is 0 Å². The molecule has 5 rings (SSSR count). The predicted molar refractivity (Wildman–Crippen MR) is 142 cm³/mol. The van der Waals surface area contributed by atoms with Crippen molar-refractivity contribution in [1.29, 1.82) is 0 Å². The Morgan fingerprint density at radius 2 is 1.53 bits per heavy atom. The second-order valence-corrected chi connectivity index (χ2v) is 10.2. The summed E-state index contributed by atoms with van der Waals surface area (Å²) in [6.45, 7) is 4.65. The SMILES string of the molecule is Cc1ccc(C(=O)N2Cc3ccccc3C2)c(C2CCN(C(=O)Cc3ccc(N(C)C)cc3)CC2)n1. The van der Waals surface area contributed by atoms with Crippen molar-refractivity contribution in [2.45, 2.75) is 45.2 Å². The van der Waals surface area contributed by atoms with Crippen LogP contribution in [0.25, 0.3) is 0 Å². The summed E-state index contributed by atoms with van der Waals surface area (Å²) in [5.74, 6) is 0.389. The number of aromatic nitrogens is 1. The van der Waals surface area contributed by atoms with Crippen LogP contribution in [0.4, 0.5) is 5.69 Å². The van der Waals surface area contributed by atoms with Gasteiger partial charge >= 0.3 is 0 Å². The lowest BCUT2D eigenvalue weighted by Crippen LogP contribution is -2.39. The summed E-state index contributed by atoms with van der Waals surface area (Å²) >= 11 is 0. The normalized spacial score (nSPS) is 15.6. The molecule has 2 aliphatic rings. The quantitative estimate of drug-likeness (QED) is 0.535. The molecule has 0 aliphatic carbocycles. The van der Waals surface area contributed by atoms with Gasteiger partial charge in [-0.25, -0.2) is 0 Å². The minimum absolute atomic E-state index is 0.0494. The lowest BCUT2D eigenvalue weighted by Gasteiger charge is -2.33. The van der Waals surface area contributed by atoms with E-state index < -0.39 is 0 Å². The number of anilines is 1. The van der Waals surface area contributed by atoms with Crippen LogP contribution in [-0.2, 0) is 24.3 Å². The van der Waals surface area contributed by atoms with Crippen molar-refractivity contribution in [3.63, 3.8) is 0 Å². The first-order valence-corrected chi connectivity index (χ1v) is 12.8. The zero-order chi connectivity index (χ0) is 25.2. The smallest absolute Gasteiger partial charge is 0.256 e. The van der Waals surface area contributed by atoms with Gasteiger partial charge in [0, 0.05) is 57.6 Å². The van der Waals surface area contributed by atoms with Gasteiger partial charge in [-0.05, 0) is 60.7 Å². The van der Waals surface area contributed by atoms with Crippen LogP contribution in [0.5, 0.6) is 0 Å². The van der Waals surface area contributed by atoms with Crippen LogP contribution in [0.2, 0.25) is 0 Å². The summed E-state index contributed by atoms with van der Waals surface area (Å²) in [7, 11) is 4.02. The summed E-state index contributed by atoms with van der Waals surface area (Å²) in [6.07, 6.45) is 2.06. The molecule has 1 fully saturated rings. The van der Waals surface area contributed by atoms with Crippen molar-refractivity contribution in [3.8, 4) is 0 Å². The summed E-state index contributed by atoms with van der Waals surface area (Å²) in [4.78, 5) is 37.3. The van der Waals surface area contributed by atoms with Gasteiger partial charge in [0.15, 0.2) is 0 Å². The van der Waals surface area contributed by atoms with Gasteiger partial charge in [0.25, 0.3) is 5.91 Å². The van der Waals surface area contributed by atoms with Crippen LogP contribution in [0.3, 0.4) is 0 Å². The molecular formula is C30H34N4O2. The number of hydrogen-bond donors (Lipinski definition) is 0. The Morgan fingerprint density at radius 1 is 0.889 bits per heavy atom. The molecule has 36 heavy (non-hydrogen) atoms. The van der Waals surface area contributed by atoms with Crippen molar-refractivity contribution in [2.75, 3.05) is 32.1 Å². The van der Waals surface area contributed by atoms with E-state index in [0.29, 0.717) is 38.2 Å². The highest BCUT2D eigenvalue weighted by atomic mass is 16.2. The number of amides is 2. The molecule has 0 atom stereocenters. The highest BCUT2D eigenvalue weighted by Crippen LogP contribution is 2.32. The molecule has 0 bridgehead atoms. The molecule has 2 aromatic carbocycles. The van der Waals surface area contributed by atoms with Crippen molar-refractivity contribution < 1.29 is 9.59 Å². The molecule has 0 radical (unpaired) electrons. The Balaban J connectivity index is 1.24. The third kappa shape index (κ3) is 4.99. The number of nitrogens with zero attached hydrogens (tertiary/aromatic N) is 4. The number of aryl methyl sites for hydroxylation is 1. The van der Waals surface area contributed by atoms with E-state index in [2.05, 4.69) is 29.2 Å². The first-order valence-electron chi connectivity index (χ1n) is 12.8. The summed E-state index contributed by atoms with van der Waals surface area (Å²) < 4.78 is 0. The average molecular weight is 483 g/mol. The van der Waals surface area contributed by atoms with Crippen molar-refractivity contribution in [3.05, 3.63) is 94.3 Å². The molecule has 0 unspecified atom stereocenters. The minimum Gasteiger partial charge on any atom is -0.378 e. The van der Waals surface area contributed by atoms with E-state index in [-0.39, 0.29) is 17.7 Å². The zero-order valence-electron chi connectivity index (χ0n) is 21.4. The van der Waals surface area contributed by atoms with Gasteiger partial charge in [-0.15, -0.1) is 0 Å². The Kier molecular flexibility index (Phi) is 6.77. The number of likely N-dealkylation sites (tertiary alicyclic amines) is 1. The summed E-state index contributed by atoms with van der Waals surface area (Å²) in [5, 5.41) is 0. The van der Waals surface area contributed by atoms with Crippen LogP contribution in [0.1, 0.15) is 57.2 Å². The van der Waals surface area contributed by atoms with E-state index in [1.165, 1.54) is 11.1 Å². The zero-order valence-corrected chi connectivity index (χ0v) is 21.4. The first kappa shape index (κ1) is 24.0. The maximum atomic E-state index is 13.6.